The molecule has 1 aromatic carbocycles. The first-order valence-electron chi connectivity index (χ1n) is 7.56. The van der Waals surface area contributed by atoms with Gasteiger partial charge in [0.05, 0.1) is 17.8 Å². The smallest absolute Gasteiger partial charge is 0.220 e. The summed E-state index contributed by atoms with van der Waals surface area (Å²) in [5.74, 6) is 0.454. The van der Waals surface area contributed by atoms with Crippen LogP contribution in [0.3, 0.4) is 0 Å². The van der Waals surface area contributed by atoms with Crippen molar-refractivity contribution in [2.24, 2.45) is 5.92 Å². The molecule has 21 heavy (non-hydrogen) atoms. The van der Waals surface area contributed by atoms with E-state index in [1.54, 1.807) is 0 Å². The maximum atomic E-state index is 12.0. The lowest BCUT2D eigenvalue weighted by Gasteiger charge is -2.07. The first-order valence-corrected chi connectivity index (χ1v) is 7.56. The van der Waals surface area contributed by atoms with Crippen LogP contribution in [0.4, 0.5) is 0 Å². The number of carbonyl (C=O) groups excluding carboxylic acids is 1. The summed E-state index contributed by atoms with van der Waals surface area (Å²) in [5, 5.41) is 8.69. The Morgan fingerprint density at radius 2 is 2.33 bits per heavy atom. The minimum Gasteiger partial charge on any atom is -0.381 e. The van der Waals surface area contributed by atoms with Gasteiger partial charge in [-0.25, -0.2) is 0 Å². The second kappa shape index (κ2) is 6.26. The quantitative estimate of drug-likeness (QED) is 0.916. The Bertz CT molecular complexity index is 629. The van der Waals surface area contributed by atoms with Gasteiger partial charge in [0, 0.05) is 31.6 Å². The fourth-order valence-corrected chi connectivity index (χ4v) is 2.83. The van der Waals surface area contributed by atoms with Crippen molar-refractivity contribution in [3.8, 4) is 0 Å². The van der Waals surface area contributed by atoms with E-state index >= 15 is 0 Å². The fraction of sp³-hybridized carbons (Fsp3) is 0.500. The van der Waals surface area contributed by atoms with Crippen LogP contribution < -0.4 is 5.32 Å². The molecule has 2 heterocycles. The number of ether oxygens (including phenoxy) is 1. The Morgan fingerprint density at radius 1 is 1.48 bits per heavy atom. The van der Waals surface area contributed by atoms with E-state index in [2.05, 4.69) is 29.5 Å². The molecule has 1 amide bonds. The molecule has 0 saturated carbocycles. The van der Waals surface area contributed by atoms with Gasteiger partial charge >= 0.3 is 0 Å². The third kappa shape index (κ3) is 3.08. The van der Waals surface area contributed by atoms with Crippen LogP contribution in [0.25, 0.3) is 10.9 Å². The summed E-state index contributed by atoms with van der Waals surface area (Å²) >= 11 is 0. The lowest BCUT2D eigenvalue weighted by Crippen LogP contribution is -2.25. The zero-order valence-electron chi connectivity index (χ0n) is 12.3. The van der Waals surface area contributed by atoms with Gasteiger partial charge in [0.2, 0.25) is 5.91 Å². The molecule has 112 valence electrons. The topological polar surface area (TPSA) is 56.2 Å². The second-order valence-electron chi connectivity index (χ2n) is 5.49. The highest BCUT2D eigenvalue weighted by atomic mass is 16.5. The normalized spacial score (nSPS) is 18.2. The first-order chi connectivity index (χ1) is 10.3. The number of para-hydroxylation sites is 1. The Morgan fingerprint density at radius 3 is 3.10 bits per heavy atom. The lowest BCUT2D eigenvalue weighted by atomic mass is 10.0. The molecular weight excluding hydrogens is 266 g/mol. The fourth-order valence-electron chi connectivity index (χ4n) is 2.83. The monoisotopic (exact) mass is 287 g/mol. The van der Waals surface area contributed by atoms with Crippen LogP contribution in [0.5, 0.6) is 0 Å². The van der Waals surface area contributed by atoms with Gasteiger partial charge in [-0.05, 0) is 25.3 Å². The van der Waals surface area contributed by atoms with Crippen LogP contribution in [-0.2, 0) is 22.6 Å². The average Bonchev–Trinajstić information content (AvgIpc) is 3.12. The van der Waals surface area contributed by atoms with Crippen molar-refractivity contribution in [1.29, 1.82) is 0 Å². The van der Waals surface area contributed by atoms with E-state index in [-0.39, 0.29) is 5.91 Å². The van der Waals surface area contributed by atoms with Gasteiger partial charge in [0.25, 0.3) is 0 Å². The molecule has 1 aliphatic heterocycles. The molecule has 5 nitrogen and oxygen atoms in total. The summed E-state index contributed by atoms with van der Waals surface area (Å²) in [5.41, 5.74) is 2.05. The standard InChI is InChI=1S/C16H21N3O2/c1-2-19-15-6-4-3-5-13(15)14(18-19)10-17-16(20)9-12-7-8-21-11-12/h3-6,12H,2,7-11H2,1H3,(H,17,20)/t12-/m0/s1. The zero-order chi connectivity index (χ0) is 14.7. The van der Waals surface area contributed by atoms with E-state index in [0.29, 0.717) is 25.5 Å². The van der Waals surface area contributed by atoms with Gasteiger partial charge in [-0.15, -0.1) is 0 Å². The summed E-state index contributed by atoms with van der Waals surface area (Å²) in [7, 11) is 0. The van der Waals surface area contributed by atoms with E-state index in [0.717, 1.165) is 36.2 Å². The van der Waals surface area contributed by atoms with Gasteiger partial charge < -0.3 is 10.1 Å². The highest BCUT2D eigenvalue weighted by Gasteiger charge is 2.19. The molecule has 0 bridgehead atoms. The van der Waals surface area contributed by atoms with Crippen LogP contribution >= 0.6 is 0 Å². The van der Waals surface area contributed by atoms with Gasteiger partial charge in [0.1, 0.15) is 0 Å². The number of nitrogens with one attached hydrogen (secondary N) is 1. The predicted octanol–water partition coefficient (Wildman–Crippen LogP) is 2.10. The highest BCUT2D eigenvalue weighted by Crippen LogP contribution is 2.19. The number of benzene rings is 1. The van der Waals surface area contributed by atoms with Crippen molar-refractivity contribution in [2.75, 3.05) is 13.2 Å². The number of rotatable bonds is 5. The molecule has 0 radical (unpaired) electrons. The number of aromatic nitrogens is 2. The Labute approximate surface area is 124 Å². The highest BCUT2D eigenvalue weighted by molar-refractivity contribution is 5.83. The summed E-state index contributed by atoms with van der Waals surface area (Å²) < 4.78 is 7.27. The number of aryl methyl sites for hydroxylation is 1. The molecule has 1 atom stereocenters. The molecule has 5 heteroatoms. The van der Waals surface area contributed by atoms with E-state index in [1.807, 2.05) is 16.8 Å². The molecule has 1 fully saturated rings. The van der Waals surface area contributed by atoms with Crippen LogP contribution in [-0.4, -0.2) is 28.9 Å². The van der Waals surface area contributed by atoms with Crippen molar-refractivity contribution in [2.45, 2.75) is 32.9 Å². The minimum absolute atomic E-state index is 0.0839. The van der Waals surface area contributed by atoms with Gasteiger partial charge in [-0.1, -0.05) is 18.2 Å². The maximum absolute atomic E-state index is 12.0. The number of fused-ring (bicyclic) bond motifs is 1. The number of carbonyl (C=O) groups is 1. The molecule has 0 unspecified atom stereocenters. The van der Waals surface area contributed by atoms with Crippen molar-refractivity contribution in [3.05, 3.63) is 30.0 Å². The molecule has 0 spiro atoms. The molecule has 1 aliphatic rings. The number of hydrogen-bond acceptors (Lipinski definition) is 3. The number of amides is 1. The van der Waals surface area contributed by atoms with Crippen LogP contribution in [0.2, 0.25) is 0 Å². The van der Waals surface area contributed by atoms with E-state index < -0.39 is 0 Å². The van der Waals surface area contributed by atoms with Crippen LogP contribution in [0.1, 0.15) is 25.5 Å². The summed E-state index contributed by atoms with van der Waals surface area (Å²) in [4.78, 5) is 12.0. The Hall–Kier alpha value is -1.88. The molecule has 0 aliphatic carbocycles. The lowest BCUT2D eigenvalue weighted by molar-refractivity contribution is -0.122. The molecule has 1 N–H and O–H groups in total. The second-order valence-corrected chi connectivity index (χ2v) is 5.49. The first kappa shape index (κ1) is 14.1. The number of nitrogens with zero attached hydrogens (tertiary/aromatic N) is 2. The molecule has 3 rings (SSSR count). The maximum Gasteiger partial charge on any atom is 0.220 e. The summed E-state index contributed by atoms with van der Waals surface area (Å²) in [6, 6.07) is 8.14. The third-order valence-electron chi connectivity index (χ3n) is 3.99. The Balaban J connectivity index is 1.66. The minimum atomic E-state index is 0.0839. The van der Waals surface area contributed by atoms with Crippen molar-refractivity contribution >= 4 is 16.8 Å². The largest absolute Gasteiger partial charge is 0.381 e. The number of hydrogen-bond donors (Lipinski definition) is 1. The van der Waals surface area contributed by atoms with Crippen molar-refractivity contribution in [3.63, 3.8) is 0 Å². The van der Waals surface area contributed by atoms with E-state index in [4.69, 9.17) is 4.74 Å². The molecule has 1 aromatic heterocycles. The van der Waals surface area contributed by atoms with E-state index in [1.165, 1.54) is 0 Å². The van der Waals surface area contributed by atoms with Crippen molar-refractivity contribution in [1.82, 2.24) is 15.1 Å². The predicted molar refractivity (Wildman–Crippen MR) is 80.8 cm³/mol. The van der Waals surface area contributed by atoms with Crippen molar-refractivity contribution < 1.29 is 9.53 Å². The molecular formula is C16H21N3O2. The van der Waals surface area contributed by atoms with Crippen LogP contribution in [0.15, 0.2) is 24.3 Å². The summed E-state index contributed by atoms with van der Waals surface area (Å²) in [6.07, 6.45) is 1.53. The zero-order valence-corrected chi connectivity index (χ0v) is 12.3. The molecule has 2 aromatic rings. The van der Waals surface area contributed by atoms with E-state index in [9.17, 15) is 4.79 Å². The van der Waals surface area contributed by atoms with Gasteiger partial charge in [0.15, 0.2) is 0 Å². The van der Waals surface area contributed by atoms with Crippen LogP contribution in [0, 0.1) is 5.92 Å². The SMILES string of the molecule is CCn1nc(CNC(=O)C[C@@H]2CCOC2)c2ccccc21. The van der Waals surface area contributed by atoms with Gasteiger partial charge in [-0.3, -0.25) is 9.48 Å². The average molecular weight is 287 g/mol. The third-order valence-corrected chi connectivity index (χ3v) is 3.99. The van der Waals surface area contributed by atoms with Gasteiger partial charge in [-0.2, -0.15) is 5.10 Å². The Kier molecular flexibility index (Phi) is 4.20. The molecule has 1 saturated heterocycles. The summed E-state index contributed by atoms with van der Waals surface area (Å²) in [6.45, 7) is 4.87.